The summed E-state index contributed by atoms with van der Waals surface area (Å²) in [4.78, 5) is 32.4. The zero-order chi connectivity index (χ0) is 24.9. The van der Waals surface area contributed by atoms with E-state index in [1.54, 1.807) is 7.11 Å². The molecule has 1 unspecified atom stereocenters. The Hall–Kier alpha value is -3.42. The summed E-state index contributed by atoms with van der Waals surface area (Å²) in [6, 6.07) is 21.3. The maximum atomic E-state index is 13.2. The minimum Gasteiger partial charge on any atom is -0.497 e. The molecule has 2 fully saturated rings. The van der Waals surface area contributed by atoms with Gasteiger partial charge in [-0.2, -0.15) is 0 Å². The zero-order valence-electron chi connectivity index (χ0n) is 20.8. The van der Waals surface area contributed by atoms with Gasteiger partial charge in [0.25, 0.3) is 11.8 Å². The summed E-state index contributed by atoms with van der Waals surface area (Å²) in [6.07, 6.45) is 0.879. The monoisotopic (exact) mass is 487 g/mol. The number of fused-ring (bicyclic) bond motifs is 1. The fourth-order valence-electron chi connectivity index (χ4n) is 5.08. The molecule has 3 aromatic rings. The SMILES string of the molecule is COc1ccc(C(=O)N2CCOC(CN3CCCN(C(=O)c4ccc5ccccc5c4)CC3)C2)cc1. The van der Waals surface area contributed by atoms with Gasteiger partial charge in [0.1, 0.15) is 5.75 Å². The number of methoxy groups -OCH3 is 1. The molecule has 2 saturated heterocycles. The average Bonchev–Trinajstić information content (AvgIpc) is 3.17. The molecule has 3 aromatic carbocycles. The van der Waals surface area contributed by atoms with Gasteiger partial charge in [-0.3, -0.25) is 14.5 Å². The highest BCUT2D eigenvalue weighted by molar-refractivity contribution is 5.98. The molecule has 36 heavy (non-hydrogen) atoms. The van der Waals surface area contributed by atoms with Crippen molar-refractivity contribution in [2.75, 3.05) is 59.5 Å². The van der Waals surface area contributed by atoms with Crippen LogP contribution >= 0.6 is 0 Å². The molecule has 0 N–H and O–H groups in total. The van der Waals surface area contributed by atoms with Crippen molar-refractivity contribution in [2.24, 2.45) is 0 Å². The summed E-state index contributed by atoms with van der Waals surface area (Å²) < 4.78 is 11.2. The minimum atomic E-state index is -0.0383. The van der Waals surface area contributed by atoms with Crippen LogP contribution in [0.1, 0.15) is 27.1 Å². The zero-order valence-corrected chi connectivity index (χ0v) is 20.8. The lowest BCUT2D eigenvalue weighted by molar-refractivity contribution is -0.0353. The van der Waals surface area contributed by atoms with E-state index in [-0.39, 0.29) is 17.9 Å². The smallest absolute Gasteiger partial charge is 0.254 e. The molecule has 2 amide bonds. The predicted molar refractivity (Wildman–Crippen MR) is 140 cm³/mol. The third kappa shape index (κ3) is 5.53. The van der Waals surface area contributed by atoms with Crippen molar-refractivity contribution in [3.05, 3.63) is 77.9 Å². The van der Waals surface area contributed by atoms with E-state index in [1.807, 2.05) is 70.5 Å². The summed E-state index contributed by atoms with van der Waals surface area (Å²) >= 11 is 0. The molecular formula is C29H33N3O4. The van der Waals surface area contributed by atoms with Crippen LogP contribution in [0.25, 0.3) is 10.8 Å². The van der Waals surface area contributed by atoms with Crippen molar-refractivity contribution in [1.29, 1.82) is 0 Å². The van der Waals surface area contributed by atoms with E-state index in [9.17, 15) is 9.59 Å². The number of hydrogen-bond acceptors (Lipinski definition) is 5. The largest absolute Gasteiger partial charge is 0.497 e. The Kier molecular flexibility index (Phi) is 7.49. The number of carbonyl (C=O) groups is 2. The highest BCUT2D eigenvalue weighted by Gasteiger charge is 2.28. The molecule has 0 radical (unpaired) electrons. The van der Waals surface area contributed by atoms with Gasteiger partial charge in [-0.15, -0.1) is 0 Å². The fourth-order valence-corrected chi connectivity index (χ4v) is 5.08. The van der Waals surface area contributed by atoms with Crippen LogP contribution in [-0.4, -0.2) is 92.1 Å². The number of hydrogen-bond donors (Lipinski definition) is 0. The molecule has 1 atom stereocenters. The van der Waals surface area contributed by atoms with E-state index >= 15 is 0 Å². The molecule has 0 spiro atoms. The third-order valence-electron chi connectivity index (χ3n) is 7.10. The number of ether oxygens (including phenoxy) is 2. The lowest BCUT2D eigenvalue weighted by Crippen LogP contribution is -2.50. The summed E-state index contributed by atoms with van der Waals surface area (Å²) in [6.45, 7) is 5.59. The number of carbonyl (C=O) groups excluding carboxylic acids is 2. The molecule has 2 aliphatic rings. The van der Waals surface area contributed by atoms with Gasteiger partial charge in [0, 0.05) is 50.4 Å². The van der Waals surface area contributed by atoms with Crippen LogP contribution in [0.15, 0.2) is 66.7 Å². The van der Waals surface area contributed by atoms with E-state index in [2.05, 4.69) is 11.0 Å². The molecule has 0 aliphatic carbocycles. The van der Waals surface area contributed by atoms with Crippen LogP contribution in [0, 0.1) is 0 Å². The summed E-state index contributed by atoms with van der Waals surface area (Å²) in [5.74, 6) is 0.850. The van der Waals surface area contributed by atoms with Crippen LogP contribution in [0.3, 0.4) is 0 Å². The van der Waals surface area contributed by atoms with Gasteiger partial charge in [-0.1, -0.05) is 30.3 Å². The molecule has 7 heteroatoms. The van der Waals surface area contributed by atoms with Crippen molar-refractivity contribution in [3.8, 4) is 5.75 Å². The van der Waals surface area contributed by atoms with Crippen molar-refractivity contribution < 1.29 is 19.1 Å². The highest BCUT2D eigenvalue weighted by atomic mass is 16.5. The summed E-state index contributed by atoms with van der Waals surface area (Å²) in [7, 11) is 1.62. The first-order valence-electron chi connectivity index (χ1n) is 12.7. The first-order valence-corrected chi connectivity index (χ1v) is 12.7. The molecule has 2 heterocycles. The van der Waals surface area contributed by atoms with Crippen LogP contribution in [0.2, 0.25) is 0 Å². The van der Waals surface area contributed by atoms with Crippen molar-refractivity contribution in [1.82, 2.24) is 14.7 Å². The number of nitrogens with zero attached hydrogens (tertiary/aromatic N) is 3. The van der Waals surface area contributed by atoms with Gasteiger partial charge >= 0.3 is 0 Å². The van der Waals surface area contributed by atoms with E-state index < -0.39 is 0 Å². The maximum Gasteiger partial charge on any atom is 0.254 e. The van der Waals surface area contributed by atoms with Crippen molar-refractivity contribution in [3.63, 3.8) is 0 Å². The van der Waals surface area contributed by atoms with Gasteiger partial charge in [-0.05, 0) is 60.1 Å². The molecular weight excluding hydrogens is 454 g/mol. The van der Waals surface area contributed by atoms with Gasteiger partial charge < -0.3 is 19.3 Å². The lowest BCUT2D eigenvalue weighted by atomic mass is 10.1. The molecule has 7 nitrogen and oxygen atoms in total. The topological polar surface area (TPSA) is 62.3 Å². The van der Waals surface area contributed by atoms with Gasteiger partial charge in [0.2, 0.25) is 0 Å². The van der Waals surface area contributed by atoms with Crippen LogP contribution in [0.5, 0.6) is 5.75 Å². The Labute approximate surface area is 212 Å². The normalized spacial score (nSPS) is 19.2. The number of morpholine rings is 1. The minimum absolute atomic E-state index is 0.0222. The second-order valence-electron chi connectivity index (χ2n) is 9.48. The van der Waals surface area contributed by atoms with E-state index in [0.717, 1.165) is 54.7 Å². The second-order valence-corrected chi connectivity index (χ2v) is 9.48. The Bertz CT molecular complexity index is 1210. The van der Waals surface area contributed by atoms with Gasteiger partial charge in [0.15, 0.2) is 0 Å². The molecule has 0 aromatic heterocycles. The summed E-state index contributed by atoms with van der Waals surface area (Å²) in [5.41, 5.74) is 1.40. The quantitative estimate of drug-likeness (QED) is 0.551. The Morgan fingerprint density at radius 2 is 1.58 bits per heavy atom. The number of amides is 2. The summed E-state index contributed by atoms with van der Waals surface area (Å²) in [5, 5.41) is 2.23. The first-order chi connectivity index (χ1) is 17.6. The molecule has 0 saturated carbocycles. The molecule has 5 rings (SSSR count). The molecule has 0 bridgehead atoms. The van der Waals surface area contributed by atoms with E-state index in [4.69, 9.17) is 9.47 Å². The standard InChI is InChI=1S/C29H33N3O4/c1-35-26-11-9-23(10-12-26)28(33)32-17-18-36-27(21-32)20-30-13-4-14-31(16-15-30)29(34)25-8-7-22-5-2-3-6-24(22)19-25/h2-3,5-12,19,27H,4,13-18,20-21H2,1H3. The van der Waals surface area contributed by atoms with Gasteiger partial charge in [0.05, 0.1) is 19.8 Å². The molecule has 2 aliphatic heterocycles. The first kappa shape index (κ1) is 24.3. The lowest BCUT2D eigenvalue weighted by Gasteiger charge is -2.35. The van der Waals surface area contributed by atoms with E-state index in [0.29, 0.717) is 31.8 Å². The van der Waals surface area contributed by atoms with Crippen molar-refractivity contribution >= 4 is 22.6 Å². The van der Waals surface area contributed by atoms with E-state index in [1.165, 1.54) is 0 Å². The number of benzene rings is 3. The van der Waals surface area contributed by atoms with Crippen LogP contribution < -0.4 is 4.74 Å². The fraction of sp³-hybridized carbons (Fsp3) is 0.379. The molecule has 188 valence electrons. The van der Waals surface area contributed by atoms with Crippen LogP contribution in [-0.2, 0) is 4.74 Å². The van der Waals surface area contributed by atoms with Gasteiger partial charge in [-0.25, -0.2) is 0 Å². The highest BCUT2D eigenvalue weighted by Crippen LogP contribution is 2.19. The third-order valence-corrected chi connectivity index (χ3v) is 7.10. The second kappa shape index (κ2) is 11.1. The maximum absolute atomic E-state index is 13.2. The Morgan fingerprint density at radius 1 is 0.833 bits per heavy atom. The average molecular weight is 488 g/mol. The van der Waals surface area contributed by atoms with Crippen molar-refractivity contribution in [2.45, 2.75) is 12.5 Å². The van der Waals surface area contributed by atoms with Crippen LogP contribution in [0.4, 0.5) is 0 Å². The Morgan fingerprint density at radius 3 is 2.39 bits per heavy atom. The Balaban J connectivity index is 1.16. The predicted octanol–water partition coefficient (Wildman–Crippen LogP) is 3.54. The number of rotatable bonds is 5.